The topological polar surface area (TPSA) is 79.8 Å². The molecule has 0 saturated carbocycles. The van der Waals surface area contributed by atoms with Crippen LogP contribution in [-0.2, 0) is 11.2 Å². The molecule has 1 amide bonds. The third-order valence-electron chi connectivity index (χ3n) is 3.23. The van der Waals surface area contributed by atoms with Crippen LogP contribution in [0.25, 0.3) is 5.69 Å². The molecule has 0 aliphatic carbocycles. The number of imidazole rings is 1. The van der Waals surface area contributed by atoms with Crippen LogP contribution in [0.4, 0.5) is 5.69 Å². The van der Waals surface area contributed by atoms with Crippen LogP contribution in [0, 0.1) is 0 Å². The van der Waals surface area contributed by atoms with E-state index in [1.54, 1.807) is 55.0 Å². The number of carbonyl (C=O) groups excluding carboxylic acids is 1. The van der Waals surface area contributed by atoms with Crippen molar-refractivity contribution in [2.45, 2.75) is 6.42 Å². The molecule has 0 aliphatic rings. The summed E-state index contributed by atoms with van der Waals surface area (Å²) < 4.78 is 1.48. The minimum Gasteiger partial charge on any atom is -0.326 e. The number of nitrogens with zero attached hydrogens (tertiary/aromatic N) is 2. The van der Waals surface area contributed by atoms with Crippen LogP contribution in [-0.4, -0.2) is 20.4 Å². The maximum atomic E-state index is 12.0. The van der Waals surface area contributed by atoms with Crippen molar-refractivity contribution < 1.29 is 4.79 Å². The van der Waals surface area contributed by atoms with E-state index in [-0.39, 0.29) is 18.0 Å². The van der Waals surface area contributed by atoms with Gasteiger partial charge in [0.25, 0.3) is 0 Å². The quantitative estimate of drug-likeness (QED) is 0.722. The molecule has 23 heavy (non-hydrogen) atoms. The van der Waals surface area contributed by atoms with E-state index >= 15 is 0 Å². The third-order valence-corrected chi connectivity index (χ3v) is 3.46. The molecule has 6 nitrogen and oxygen atoms in total. The van der Waals surface area contributed by atoms with Crippen molar-refractivity contribution in [2.75, 3.05) is 5.32 Å². The Morgan fingerprint density at radius 3 is 2.61 bits per heavy atom. The van der Waals surface area contributed by atoms with Crippen LogP contribution < -0.4 is 11.0 Å². The normalized spacial score (nSPS) is 10.5. The molecule has 116 valence electrons. The van der Waals surface area contributed by atoms with Crippen molar-refractivity contribution in [1.82, 2.24) is 14.5 Å². The maximum Gasteiger partial charge on any atom is 0.330 e. The van der Waals surface area contributed by atoms with Gasteiger partial charge in [0.1, 0.15) is 5.15 Å². The number of benzene rings is 1. The Morgan fingerprint density at radius 1 is 1.22 bits per heavy atom. The third kappa shape index (κ3) is 3.67. The van der Waals surface area contributed by atoms with Gasteiger partial charge in [-0.05, 0) is 35.9 Å². The number of amides is 1. The van der Waals surface area contributed by atoms with Crippen molar-refractivity contribution in [1.29, 1.82) is 0 Å². The summed E-state index contributed by atoms with van der Waals surface area (Å²) in [5, 5.41) is 3.19. The zero-order chi connectivity index (χ0) is 16.2. The molecule has 7 heteroatoms. The number of aromatic amines is 1. The van der Waals surface area contributed by atoms with Crippen molar-refractivity contribution in [3.63, 3.8) is 0 Å². The van der Waals surface area contributed by atoms with Gasteiger partial charge in [0.15, 0.2) is 0 Å². The fourth-order valence-corrected chi connectivity index (χ4v) is 2.24. The predicted octanol–water partition coefficient (Wildman–Crippen LogP) is 2.40. The summed E-state index contributed by atoms with van der Waals surface area (Å²) in [7, 11) is 0. The first kappa shape index (κ1) is 15.1. The number of H-pyrrole nitrogens is 1. The highest BCUT2D eigenvalue weighted by Gasteiger charge is 2.06. The molecule has 1 aromatic carbocycles. The highest BCUT2D eigenvalue weighted by atomic mass is 35.5. The second-order valence-electron chi connectivity index (χ2n) is 4.90. The summed E-state index contributed by atoms with van der Waals surface area (Å²) in [5.74, 6) is -0.152. The van der Waals surface area contributed by atoms with Crippen molar-refractivity contribution in [2.24, 2.45) is 0 Å². The van der Waals surface area contributed by atoms with Crippen LogP contribution >= 0.6 is 11.6 Å². The SMILES string of the molecule is O=C(Cc1ccc(Cl)nc1)Nc1ccc(-n2cc[nH]c2=O)cc1. The fraction of sp³-hybridized carbons (Fsp3) is 0.0625. The summed E-state index contributed by atoms with van der Waals surface area (Å²) in [5.41, 5.74) is 1.94. The van der Waals surface area contributed by atoms with Gasteiger partial charge in [0.05, 0.1) is 12.1 Å². The summed E-state index contributed by atoms with van der Waals surface area (Å²) >= 11 is 5.71. The van der Waals surface area contributed by atoms with Crippen LogP contribution in [0.1, 0.15) is 5.56 Å². The van der Waals surface area contributed by atoms with E-state index in [0.29, 0.717) is 10.8 Å². The molecule has 3 rings (SSSR count). The number of anilines is 1. The molecule has 3 aromatic rings. The standard InChI is InChI=1S/C16H13ClN4O2/c17-14-6-1-11(10-19-14)9-15(22)20-12-2-4-13(5-3-12)21-8-7-18-16(21)23/h1-8,10H,9H2,(H,18,23)(H,20,22). The van der Waals surface area contributed by atoms with Crippen molar-refractivity contribution >= 4 is 23.2 Å². The molecule has 2 aromatic heterocycles. The van der Waals surface area contributed by atoms with E-state index in [2.05, 4.69) is 15.3 Å². The molecular weight excluding hydrogens is 316 g/mol. The minimum atomic E-state index is -0.211. The zero-order valence-corrected chi connectivity index (χ0v) is 12.7. The van der Waals surface area contributed by atoms with E-state index in [4.69, 9.17) is 11.6 Å². The molecule has 0 fully saturated rings. The van der Waals surface area contributed by atoms with Crippen molar-refractivity contribution in [3.8, 4) is 5.69 Å². The van der Waals surface area contributed by atoms with Gasteiger partial charge >= 0.3 is 5.69 Å². The van der Waals surface area contributed by atoms with E-state index < -0.39 is 0 Å². The molecule has 0 radical (unpaired) electrons. The lowest BCUT2D eigenvalue weighted by molar-refractivity contribution is -0.115. The Balaban J connectivity index is 1.66. The lowest BCUT2D eigenvalue weighted by atomic mass is 10.2. The number of nitrogens with one attached hydrogen (secondary N) is 2. The number of hydrogen-bond acceptors (Lipinski definition) is 3. The highest BCUT2D eigenvalue weighted by Crippen LogP contribution is 2.13. The molecule has 2 N–H and O–H groups in total. The van der Waals surface area contributed by atoms with E-state index in [1.165, 1.54) is 4.57 Å². The van der Waals surface area contributed by atoms with E-state index in [9.17, 15) is 9.59 Å². The van der Waals surface area contributed by atoms with E-state index in [0.717, 1.165) is 11.3 Å². The number of hydrogen-bond donors (Lipinski definition) is 2. The molecule has 2 heterocycles. The lowest BCUT2D eigenvalue weighted by Gasteiger charge is -2.07. The molecule has 0 unspecified atom stereocenters. The number of rotatable bonds is 4. The summed E-state index contributed by atoms with van der Waals surface area (Å²) in [6.07, 6.45) is 4.99. The van der Waals surface area contributed by atoms with Crippen molar-refractivity contribution in [3.05, 3.63) is 76.2 Å². The highest BCUT2D eigenvalue weighted by molar-refractivity contribution is 6.29. The van der Waals surface area contributed by atoms with Gasteiger partial charge in [-0.2, -0.15) is 0 Å². The predicted molar refractivity (Wildman–Crippen MR) is 88.0 cm³/mol. The molecule has 0 atom stereocenters. The molecule has 0 saturated heterocycles. The Labute approximate surface area is 136 Å². The van der Waals surface area contributed by atoms with Gasteiger partial charge in [-0.3, -0.25) is 9.36 Å². The first-order valence-corrected chi connectivity index (χ1v) is 7.26. The maximum absolute atomic E-state index is 12.0. The summed E-state index contributed by atoms with van der Waals surface area (Å²) in [6, 6.07) is 10.4. The number of aromatic nitrogens is 3. The average molecular weight is 329 g/mol. The van der Waals surface area contributed by atoms with Crippen LogP contribution in [0.2, 0.25) is 5.15 Å². The van der Waals surface area contributed by atoms with Gasteiger partial charge in [-0.1, -0.05) is 17.7 Å². The lowest BCUT2D eigenvalue weighted by Crippen LogP contribution is -2.15. The fourth-order valence-electron chi connectivity index (χ4n) is 2.13. The second kappa shape index (κ2) is 6.50. The van der Waals surface area contributed by atoms with Gasteiger partial charge in [-0.25, -0.2) is 9.78 Å². The second-order valence-corrected chi connectivity index (χ2v) is 5.28. The van der Waals surface area contributed by atoms with Crippen LogP contribution in [0.5, 0.6) is 0 Å². The molecule has 0 aliphatic heterocycles. The molecular formula is C16H13ClN4O2. The Bertz CT molecular complexity index is 866. The summed E-state index contributed by atoms with van der Waals surface area (Å²) in [4.78, 5) is 30.0. The van der Waals surface area contributed by atoms with Gasteiger partial charge in [0.2, 0.25) is 5.91 Å². The molecule has 0 spiro atoms. The Morgan fingerprint density at radius 2 is 2.00 bits per heavy atom. The first-order chi connectivity index (χ1) is 11.1. The Hall–Kier alpha value is -2.86. The number of pyridine rings is 1. The van der Waals surface area contributed by atoms with Crippen LogP contribution in [0.15, 0.2) is 59.8 Å². The minimum absolute atomic E-state index is 0.152. The Kier molecular flexibility index (Phi) is 4.25. The molecule has 0 bridgehead atoms. The van der Waals surface area contributed by atoms with E-state index in [1.807, 2.05) is 0 Å². The zero-order valence-electron chi connectivity index (χ0n) is 12.0. The number of carbonyl (C=O) groups is 1. The monoisotopic (exact) mass is 328 g/mol. The smallest absolute Gasteiger partial charge is 0.326 e. The summed E-state index contributed by atoms with van der Waals surface area (Å²) in [6.45, 7) is 0. The van der Waals surface area contributed by atoms with Gasteiger partial charge < -0.3 is 10.3 Å². The largest absolute Gasteiger partial charge is 0.330 e. The van der Waals surface area contributed by atoms with Gasteiger partial charge in [-0.15, -0.1) is 0 Å². The first-order valence-electron chi connectivity index (χ1n) is 6.88. The number of halogens is 1. The van der Waals surface area contributed by atoms with Crippen LogP contribution in [0.3, 0.4) is 0 Å². The average Bonchev–Trinajstić information content (AvgIpc) is 2.96. The van der Waals surface area contributed by atoms with Gasteiger partial charge in [0, 0.05) is 24.3 Å².